The van der Waals surface area contributed by atoms with Crippen molar-refractivity contribution in [3.8, 4) is 5.75 Å². The van der Waals surface area contributed by atoms with Gasteiger partial charge in [0.05, 0.1) is 5.69 Å². The lowest BCUT2D eigenvalue weighted by Crippen LogP contribution is -2.41. The van der Waals surface area contributed by atoms with E-state index >= 15 is 0 Å². The zero-order valence-electron chi connectivity index (χ0n) is 22.5. The van der Waals surface area contributed by atoms with E-state index in [9.17, 15) is 9.59 Å². The van der Waals surface area contributed by atoms with E-state index in [1.54, 1.807) is 18.3 Å². The fourth-order valence-corrected chi connectivity index (χ4v) is 5.94. The number of nitrogens with zero attached hydrogens (tertiary/aromatic N) is 3. The quantitative estimate of drug-likeness (QED) is 0.338. The van der Waals surface area contributed by atoms with Gasteiger partial charge in [-0.1, -0.05) is 53.5 Å². The summed E-state index contributed by atoms with van der Waals surface area (Å²) in [5.41, 5.74) is 3.12. The summed E-state index contributed by atoms with van der Waals surface area (Å²) < 4.78 is 12.6. The first-order valence-corrected chi connectivity index (χ1v) is 14.1. The van der Waals surface area contributed by atoms with Crippen molar-refractivity contribution in [3.63, 3.8) is 0 Å². The Morgan fingerprint density at radius 1 is 1.10 bits per heavy atom. The molecule has 9 heteroatoms. The van der Waals surface area contributed by atoms with Gasteiger partial charge in [-0.15, -0.1) is 0 Å². The van der Waals surface area contributed by atoms with E-state index < -0.39 is 11.7 Å². The van der Waals surface area contributed by atoms with Crippen molar-refractivity contribution in [2.24, 2.45) is 5.92 Å². The lowest BCUT2D eigenvalue weighted by atomic mass is 9.92. The predicted octanol–water partition coefficient (Wildman–Crippen LogP) is 6.50. The van der Waals surface area contributed by atoms with Gasteiger partial charge in [0.15, 0.2) is 0 Å². The first-order valence-electron chi connectivity index (χ1n) is 13.3. The summed E-state index contributed by atoms with van der Waals surface area (Å²) in [4.78, 5) is 27.9. The van der Waals surface area contributed by atoms with Gasteiger partial charge >= 0.3 is 6.09 Å². The van der Waals surface area contributed by atoms with Crippen LogP contribution in [0.4, 0.5) is 4.79 Å². The normalized spacial score (nSPS) is 19.2. The maximum Gasteiger partial charge on any atom is 0.435 e. The molecular formula is C30H33Cl2N3O4. The molecule has 2 heterocycles. The van der Waals surface area contributed by atoms with Gasteiger partial charge in [-0.3, -0.25) is 4.79 Å². The first kappa shape index (κ1) is 27.5. The Labute approximate surface area is 239 Å². The van der Waals surface area contributed by atoms with Crippen LogP contribution in [0, 0.1) is 5.92 Å². The van der Waals surface area contributed by atoms with Gasteiger partial charge in [-0.25, -0.2) is 4.79 Å². The molecule has 39 heavy (non-hydrogen) atoms. The molecule has 0 radical (unpaired) electrons. The number of carbonyl (C=O) groups excluding carboxylic acids is 2. The highest BCUT2D eigenvalue weighted by molar-refractivity contribution is 6.36. The molecule has 0 bridgehead atoms. The molecule has 1 aliphatic heterocycles. The lowest BCUT2D eigenvalue weighted by molar-refractivity contribution is -0.133. The Morgan fingerprint density at radius 2 is 1.82 bits per heavy atom. The molecule has 0 unspecified atom stereocenters. The molecule has 3 aromatic rings. The number of ether oxygens (including phenoxy) is 2. The molecule has 7 nitrogen and oxygen atoms in total. The van der Waals surface area contributed by atoms with Crippen LogP contribution in [0.2, 0.25) is 10.0 Å². The Bertz CT molecular complexity index is 1340. The number of aromatic nitrogens is 2. The standard InChI is InChI=1S/C30H33Cl2N3O4/c1-30(2,3)39-29(37)35-17-21-13-22(9-10-27(21)33-35)34-12-11-20(28(34)36)14-24-25(31)15-23(16-26(24)32)38-18-19-7-5-4-6-8-19/h4-8,15-17,20,22H,9-14,18H2,1-3H3/t20-,22-/m0/s1. The summed E-state index contributed by atoms with van der Waals surface area (Å²) in [5.74, 6) is 0.545. The van der Waals surface area contributed by atoms with Crippen LogP contribution in [0.25, 0.3) is 0 Å². The molecular weight excluding hydrogens is 537 g/mol. The van der Waals surface area contributed by atoms with E-state index in [0.29, 0.717) is 48.2 Å². The van der Waals surface area contributed by atoms with E-state index in [0.717, 1.165) is 35.2 Å². The highest BCUT2D eigenvalue weighted by Gasteiger charge is 2.38. The molecule has 0 saturated carbocycles. The van der Waals surface area contributed by atoms with Crippen molar-refractivity contribution in [2.75, 3.05) is 6.54 Å². The summed E-state index contributed by atoms with van der Waals surface area (Å²) in [7, 11) is 0. The van der Waals surface area contributed by atoms with Crippen molar-refractivity contribution < 1.29 is 19.1 Å². The molecule has 0 N–H and O–H groups in total. The summed E-state index contributed by atoms with van der Waals surface area (Å²) in [6.45, 7) is 6.59. The number of hydrogen-bond acceptors (Lipinski definition) is 5. The molecule has 1 aromatic heterocycles. The Morgan fingerprint density at radius 3 is 2.51 bits per heavy atom. The Hall–Kier alpha value is -3.03. The van der Waals surface area contributed by atoms with Gasteiger partial charge < -0.3 is 14.4 Å². The minimum absolute atomic E-state index is 0.0750. The number of hydrogen-bond donors (Lipinski definition) is 0. The second-order valence-electron chi connectivity index (χ2n) is 11.3. The highest BCUT2D eigenvalue weighted by atomic mass is 35.5. The second-order valence-corrected chi connectivity index (χ2v) is 12.1. The number of aryl methyl sites for hydroxylation is 1. The zero-order valence-corrected chi connectivity index (χ0v) is 24.0. The van der Waals surface area contributed by atoms with Crippen molar-refractivity contribution in [3.05, 3.63) is 81.1 Å². The summed E-state index contributed by atoms with van der Waals surface area (Å²) in [5, 5.41) is 5.46. The smallest absolute Gasteiger partial charge is 0.435 e. The van der Waals surface area contributed by atoms with Gasteiger partial charge in [0.25, 0.3) is 0 Å². The van der Waals surface area contributed by atoms with E-state index in [4.69, 9.17) is 32.7 Å². The molecule has 2 aromatic carbocycles. The van der Waals surface area contributed by atoms with Crippen LogP contribution in [0.15, 0.2) is 48.7 Å². The Kier molecular flexibility index (Phi) is 7.92. The average Bonchev–Trinajstić information content (AvgIpc) is 3.47. The van der Waals surface area contributed by atoms with E-state index in [1.807, 2.05) is 56.0 Å². The fourth-order valence-electron chi connectivity index (χ4n) is 5.31. The molecule has 0 spiro atoms. The topological polar surface area (TPSA) is 73.7 Å². The van der Waals surface area contributed by atoms with Gasteiger partial charge in [-0.2, -0.15) is 9.78 Å². The predicted molar refractivity (Wildman–Crippen MR) is 150 cm³/mol. The van der Waals surface area contributed by atoms with Crippen LogP contribution in [0.5, 0.6) is 5.75 Å². The molecule has 1 aliphatic carbocycles. The van der Waals surface area contributed by atoms with Gasteiger partial charge in [0.1, 0.15) is 18.0 Å². The number of amides is 1. The first-order chi connectivity index (χ1) is 18.6. The van der Waals surface area contributed by atoms with Crippen LogP contribution < -0.4 is 4.74 Å². The molecule has 2 aliphatic rings. The SMILES string of the molecule is CC(C)(C)OC(=O)n1cc2c(n1)CC[C@H](N1CC[C@@H](Cc3c(Cl)cc(OCc4ccccc4)cc3Cl)C1=O)C2. The summed E-state index contributed by atoms with van der Waals surface area (Å²) >= 11 is 13.2. The Balaban J connectivity index is 1.21. The third kappa shape index (κ3) is 6.42. The van der Waals surface area contributed by atoms with Crippen LogP contribution in [0.1, 0.15) is 56.0 Å². The molecule has 1 fully saturated rings. The van der Waals surface area contributed by atoms with Gasteiger partial charge in [-0.05, 0) is 81.7 Å². The molecule has 5 rings (SSSR count). The van der Waals surface area contributed by atoms with E-state index in [2.05, 4.69) is 5.10 Å². The largest absolute Gasteiger partial charge is 0.489 e. The number of rotatable bonds is 6. The third-order valence-corrected chi connectivity index (χ3v) is 7.91. The molecule has 1 saturated heterocycles. The fraction of sp³-hybridized carbons (Fsp3) is 0.433. The van der Waals surface area contributed by atoms with Crippen molar-refractivity contribution in [1.82, 2.24) is 14.7 Å². The van der Waals surface area contributed by atoms with Crippen molar-refractivity contribution >= 4 is 35.2 Å². The van der Waals surface area contributed by atoms with Gasteiger partial charge in [0, 0.05) is 34.7 Å². The van der Waals surface area contributed by atoms with Gasteiger partial charge in [0.2, 0.25) is 5.91 Å². The number of carbonyl (C=O) groups is 2. The minimum Gasteiger partial charge on any atom is -0.489 e. The minimum atomic E-state index is -0.593. The summed E-state index contributed by atoms with van der Waals surface area (Å²) in [6.07, 6.45) is 4.69. The molecule has 206 valence electrons. The average molecular weight is 571 g/mol. The van der Waals surface area contributed by atoms with E-state index in [-0.39, 0.29) is 17.9 Å². The highest BCUT2D eigenvalue weighted by Crippen LogP contribution is 2.36. The number of likely N-dealkylation sites (tertiary alicyclic amines) is 1. The maximum atomic E-state index is 13.5. The van der Waals surface area contributed by atoms with Crippen LogP contribution >= 0.6 is 23.2 Å². The maximum absolute atomic E-state index is 13.5. The van der Waals surface area contributed by atoms with Crippen molar-refractivity contribution in [2.45, 2.75) is 71.1 Å². The van der Waals surface area contributed by atoms with Crippen LogP contribution in [0.3, 0.4) is 0 Å². The third-order valence-electron chi connectivity index (χ3n) is 7.23. The van der Waals surface area contributed by atoms with E-state index in [1.165, 1.54) is 4.68 Å². The second kappa shape index (κ2) is 11.2. The molecule has 1 amide bonds. The van der Waals surface area contributed by atoms with Crippen LogP contribution in [-0.4, -0.2) is 44.9 Å². The van der Waals surface area contributed by atoms with Crippen LogP contribution in [-0.2, 0) is 35.4 Å². The number of benzene rings is 2. The number of fused-ring (bicyclic) bond motifs is 1. The lowest BCUT2D eigenvalue weighted by Gasteiger charge is -2.31. The summed E-state index contributed by atoms with van der Waals surface area (Å²) in [6, 6.07) is 13.5. The number of halogens is 2. The van der Waals surface area contributed by atoms with Crippen molar-refractivity contribution in [1.29, 1.82) is 0 Å². The monoisotopic (exact) mass is 569 g/mol. The zero-order chi connectivity index (χ0) is 27.7. The molecule has 2 atom stereocenters.